The second-order valence-electron chi connectivity index (χ2n) is 6.20. The minimum atomic E-state index is 0.234. The average Bonchev–Trinajstić information content (AvgIpc) is 2.39. The van der Waals surface area contributed by atoms with Crippen LogP contribution in [0.3, 0.4) is 0 Å². The van der Waals surface area contributed by atoms with Crippen LogP contribution in [0.15, 0.2) is 24.3 Å². The van der Waals surface area contributed by atoms with Gasteiger partial charge in [0.05, 0.1) is 6.10 Å². The molecule has 0 aromatic heterocycles. The Labute approximate surface area is 123 Å². The van der Waals surface area contributed by atoms with E-state index in [1.54, 1.807) is 0 Å². The van der Waals surface area contributed by atoms with E-state index in [2.05, 4.69) is 49.3 Å². The van der Waals surface area contributed by atoms with Gasteiger partial charge in [-0.15, -0.1) is 0 Å². The van der Waals surface area contributed by atoms with Gasteiger partial charge in [-0.05, 0) is 70.4 Å². The SMILES string of the molecule is CC(C)Oc1cccc(CN(C)CC2CCNCC2)c1. The Kier molecular flexibility index (Phi) is 5.86. The molecule has 1 saturated heterocycles. The van der Waals surface area contributed by atoms with Crippen molar-refractivity contribution in [3.05, 3.63) is 29.8 Å². The first-order chi connectivity index (χ1) is 9.63. The highest BCUT2D eigenvalue weighted by molar-refractivity contribution is 5.28. The standard InChI is InChI=1S/C17H28N2O/c1-14(2)20-17-6-4-5-16(11-17)13-19(3)12-15-7-9-18-10-8-15/h4-6,11,14-15,18H,7-10,12-13H2,1-3H3. The number of benzene rings is 1. The third-order valence-electron chi connectivity index (χ3n) is 3.75. The van der Waals surface area contributed by atoms with Crippen molar-refractivity contribution in [3.63, 3.8) is 0 Å². The molecular formula is C17H28N2O. The molecule has 0 atom stereocenters. The summed E-state index contributed by atoms with van der Waals surface area (Å²) in [5.41, 5.74) is 1.33. The van der Waals surface area contributed by atoms with Crippen molar-refractivity contribution >= 4 is 0 Å². The normalized spacial score (nSPS) is 16.9. The smallest absolute Gasteiger partial charge is 0.120 e. The van der Waals surface area contributed by atoms with E-state index in [-0.39, 0.29) is 6.10 Å². The zero-order valence-electron chi connectivity index (χ0n) is 13.1. The van der Waals surface area contributed by atoms with Crippen molar-refractivity contribution in [1.82, 2.24) is 10.2 Å². The van der Waals surface area contributed by atoms with E-state index in [0.29, 0.717) is 0 Å². The summed E-state index contributed by atoms with van der Waals surface area (Å²) in [6, 6.07) is 8.48. The van der Waals surface area contributed by atoms with Gasteiger partial charge in [0.25, 0.3) is 0 Å². The van der Waals surface area contributed by atoms with E-state index in [9.17, 15) is 0 Å². The fourth-order valence-corrected chi connectivity index (χ4v) is 2.87. The third kappa shape index (κ3) is 5.14. The molecule has 0 unspecified atom stereocenters. The zero-order chi connectivity index (χ0) is 14.4. The Morgan fingerprint density at radius 3 is 2.75 bits per heavy atom. The van der Waals surface area contributed by atoms with Crippen molar-refractivity contribution in [2.75, 3.05) is 26.7 Å². The molecule has 1 aliphatic rings. The van der Waals surface area contributed by atoms with Crippen molar-refractivity contribution < 1.29 is 4.74 Å². The van der Waals surface area contributed by atoms with E-state index in [1.165, 1.54) is 38.0 Å². The number of hydrogen-bond acceptors (Lipinski definition) is 3. The first kappa shape index (κ1) is 15.3. The molecule has 0 radical (unpaired) electrons. The highest BCUT2D eigenvalue weighted by Gasteiger charge is 2.15. The lowest BCUT2D eigenvalue weighted by Gasteiger charge is -2.27. The summed E-state index contributed by atoms with van der Waals surface area (Å²) in [6.07, 6.45) is 2.85. The molecule has 1 heterocycles. The number of ether oxygens (including phenoxy) is 1. The minimum Gasteiger partial charge on any atom is -0.491 e. The molecule has 2 rings (SSSR count). The van der Waals surface area contributed by atoms with Gasteiger partial charge in [0.1, 0.15) is 5.75 Å². The van der Waals surface area contributed by atoms with Gasteiger partial charge >= 0.3 is 0 Å². The van der Waals surface area contributed by atoms with Crippen LogP contribution in [0.1, 0.15) is 32.3 Å². The molecule has 0 spiro atoms. The number of hydrogen-bond donors (Lipinski definition) is 1. The molecular weight excluding hydrogens is 248 g/mol. The van der Waals surface area contributed by atoms with Gasteiger partial charge in [0.15, 0.2) is 0 Å². The summed E-state index contributed by atoms with van der Waals surface area (Å²) in [5, 5.41) is 3.43. The van der Waals surface area contributed by atoms with Crippen molar-refractivity contribution in [3.8, 4) is 5.75 Å². The second kappa shape index (κ2) is 7.65. The summed E-state index contributed by atoms with van der Waals surface area (Å²) in [5.74, 6) is 1.82. The van der Waals surface area contributed by atoms with Gasteiger partial charge in [-0.3, -0.25) is 0 Å². The summed E-state index contributed by atoms with van der Waals surface area (Å²) in [4.78, 5) is 2.43. The highest BCUT2D eigenvalue weighted by Crippen LogP contribution is 2.18. The number of rotatable bonds is 6. The monoisotopic (exact) mass is 276 g/mol. The van der Waals surface area contributed by atoms with Gasteiger partial charge < -0.3 is 15.0 Å². The van der Waals surface area contributed by atoms with Crippen LogP contribution < -0.4 is 10.1 Å². The van der Waals surface area contributed by atoms with E-state index in [0.717, 1.165) is 18.2 Å². The molecule has 1 aromatic rings. The maximum absolute atomic E-state index is 5.76. The van der Waals surface area contributed by atoms with Crippen molar-refractivity contribution in [2.24, 2.45) is 5.92 Å². The molecule has 112 valence electrons. The first-order valence-electron chi connectivity index (χ1n) is 7.78. The molecule has 1 aliphatic heterocycles. The lowest BCUT2D eigenvalue weighted by molar-refractivity contribution is 0.231. The Hall–Kier alpha value is -1.06. The van der Waals surface area contributed by atoms with Gasteiger partial charge in [-0.25, -0.2) is 0 Å². The van der Waals surface area contributed by atoms with E-state index in [1.807, 2.05) is 6.07 Å². The topological polar surface area (TPSA) is 24.5 Å². The molecule has 0 bridgehead atoms. The van der Waals surface area contributed by atoms with Crippen LogP contribution in [0.2, 0.25) is 0 Å². The summed E-state index contributed by atoms with van der Waals surface area (Å²) >= 11 is 0. The summed E-state index contributed by atoms with van der Waals surface area (Å²) in [6.45, 7) is 8.68. The van der Waals surface area contributed by atoms with Crippen molar-refractivity contribution in [1.29, 1.82) is 0 Å². The number of nitrogens with one attached hydrogen (secondary N) is 1. The number of piperidine rings is 1. The summed E-state index contributed by atoms with van der Waals surface area (Å²) in [7, 11) is 2.22. The molecule has 3 heteroatoms. The van der Waals surface area contributed by atoms with Gasteiger partial charge in [0, 0.05) is 13.1 Å². The molecule has 0 aliphatic carbocycles. The predicted octanol–water partition coefficient (Wildman–Crippen LogP) is 2.91. The fourth-order valence-electron chi connectivity index (χ4n) is 2.87. The van der Waals surface area contributed by atoms with Gasteiger partial charge in [0.2, 0.25) is 0 Å². The van der Waals surface area contributed by atoms with Crippen LogP contribution in [0.4, 0.5) is 0 Å². The average molecular weight is 276 g/mol. The molecule has 1 N–H and O–H groups in total. The Balaban J connectivity index is 1.85. The van der Waals surface area contributed by atoms with Crippen LogP contribution in [0.25, 0.3) is 0 Å². The fraction of sp³-hybridized carbons (Fsp3) is 0.647. The third-order valence-corrected chi connectivity index (χ3v) is 3.75. The minimum absolute atomic E-state index is 0.234. The predicted molar refractivity (Wildman–Crippen MR) is 84.1 cm³/mol. The highest BCUT2D eigenvalue weighted by atomic mass is 16.5. The van der Waals surface area contributed by atoms with Crippen LogP contribution in [0, 0.1) is 5.92 Å². The molecule has 3 nitrogen and oxygen atoms in total. The molecule has 0 saturated carbocycles. The number of nitrogens with zero attached hydrogens (tertiary/aromatic N) is 1. The van der Waals surface area contributed by atoms with Crippen molar-refractivity contribution in [2.45, 2.75) is 39.3 Å². The zero-order valence-corrected chi connectivity index (χ0v) is 13.1. The Bertz CT molecular complexity index is 400. The Morgan fingerprint density at radius 1 is 1.30 bits per heavy atom. The second-order valence-corrected chi connectivity index (χ2v) is 6.20. The maximum atomic E-state index is 5.76. The first-order valence-corrected chi connectivity index (χ1v) is 7.78. The van der Waals surface area contributed by atoms with Crippen LogP contribution in [-0.4, -0.2) is 37.7 Å². The van der Waals surface area contributed by atoms with Crippen LogP contribution in [0.5, 0.6) is 5.75 Å². The summed E-state index contributed by atoms with van der Waals surface area (Å²) < 4.78 is 5.76. The largest absolute Gasteiger partial charge is 0.491 e. The molecule has 20 heavy (non-hydrogen) atoms. The molecule has 0 amide bonds. The van der Waals surface area contributed by atoms with Gasteiger partial charge in [-0.1, -0.05) is 12.1 Å². The van der Waals surface area contributed by atoms with Crippen LogP contribution >= 0.6 is 0 Å². The van der Waals surface area contributed by atoms with E-state index in [4.69, 9.17) is 4.74 Å². The Morgan fingerprint density at radius 2 is 2.05 bits per heavy atom. The van der Waals surface area contributed by atoms with E-state index >= 15 is 0 Å². The van der Waals surface area contributed by atoms with Crippen LogP contribution in [-0.2, 0) is 6.54 Å². The molecule has 1 aromatic carbocycles. The lowest BCUT2D eigenvalue weighted by Crippen LogP contribution is -2.34. The van der Waals surface area contributed by atoms with E-state index < -0.39 is 0 Å². The van der Waals surface area contributed by atoms with Gasteiger partial charge in [-0.2, -0.15) is 0 Å². The maximum Gasteiger partial charge on any atom is 0.120 e. The quantitative estimate of drug-likeness (QED) is 0.864. The molecule has 1 fully saturated rings. The lowest BCUT2D eigenvalue weighted by atomic mass is 9.97.